The van der Waals surface area contributed by atoms with Gasteiger partial charge in [-0.3, -0.25) is 4.72 Å². The fourth-order valence-corrected chi connectivity index (χ4v) is 4.88. The maximum atomic E-state index is 12.1. The molecule has 0 aliphatic heterocycles. The predicted molar refractivity (Wildman–Crippen MR) is 83.9 cm³/mol. The standard InChI is InChI=1S/C11H7Br2NO4S2/c12-8-2-1-6(5-7(8)11(15)16)14-20(17,18)10-4-3-9(13)19-10/h1-5,14H,(H,15,16). The maximum absolute atomic E-state index is 12.1. The van der Waals surface area contributed by atoms with Gasteiger partial charge in [0.25, 0.3) is 10.0 Å². The van der Waals surface area contributed by atoms with E-state index in [0.717, 1.165) is 11.3 Å². The third kappa shape index (κ3) is 3.40. The van der Waals surface area contributed by atoms with Crippen molar-refractivity contribution >= 4 is 64.9 Å². The summed E-state index contributed by atoms with van der Waals surface area (Å²) in [5.41, 5.74) is 0.174. The lowest BCUT2D eigenvalue weighted by Crippen LogP contribution is -2.12. The van der Waals surface area contributed by atoms with E-state index in [1.165, 1.54) is 24.3 Å². The van der Waals surface area contributed by atoms with Crippen molar-refractivity contribution in [1.29, 1.82) is 0 Å². The molecule has 0 unspecified atom stereocenters. The van der Waals surface area contributed by atoms with E-state index in [0.29, 0.717) is 8.26 Å². The summed E-state index contributed by atoms with van der Waals surface area (Å²) in [5.74, 6) is -1.14. The molecule has 0 saturated carbocycles. The molecule has 2 aromatic rings. The molecule has 1 aromatic heterocycles. The Hall–Kier alpha value is -0.900. The largest absolute Gasteiger partial charge is 0.478 e. The van der Waals surface area contributed by atoms with Crippen molar-refractivity contribution in [3.05, 3.63) is 44.2 Å². The van der Waals surface area contributed by atoms with Crippen LogP contribution in [0.3, 0.4) is 0 Å². The van der Waals surface area contributed by atoms with Gasteiger partial charge in [0, 0.05) is 10.2 Å². The van der Waals surface area contributed by atoms with Crippen LogP contribution in [0.4, 0.5) is 5.69 Å². The molecule has 2 rings (SSSR count). The molecule has 0 aliphatic carbocycles. The first-order valence-electron chi connectivity index (χ1n) is 5.10. The van der Waals surface area contributed by atoms with E-state index in [1.807, 2.05) is 0 Å². The topological polar surface area (TPSA) is 83.5 Å². The van der Waals surface area contributed by atoms with Crippen LogP contribution in [0.15, 0.2) is 42.8 Å². The van der Waals surface area contributed by atoms with Crippen LogP contribution in [0.25, 0.3) is 0 Å². The number of nitrogens with one attached hydrogen (secondary N) is 1. The van der Waals surface area contributed by atoms with Gasteiger partial charge in [-0.05, 0) is 62.2 Å². The summed E-state index contributed by atoms with van der Waals surface area (Å²) in [6.07, 6.45) is 0. The molecular formula is C11H7Br2NO4S2. The third-order valence-corrected chi connectivity index (χ3v) is 6.45. The zero-order valence-electron chi connectivity index (χ0n) is 9.63. The molecule has 0 atom stereocenters. The van der Waals surface area contributed by atoms with E-state index in [9.17, 15) is 13.2 Å². The maximum Gasteiger partial charge on any atom is 0.336 e. The number of hydrogen-bond donors (Lipinski definition) is 2. The van der Waals surface area contributed by atoms with Crippen molar-refractivity contribution in [3.8, 4) is 0 Å². The molecule has 20 heavy (non-hydrogen) atoms. The monoisotopic (exact) mass is 439 g/mol. The summed E-state index contributed by atoms with van der Waals surface area (Å²) >= 11 is 7.36. The Morgan fingerprint density at radius 2 is 1.90 bits per heavy atom. The highest BCUT2D eigenvalue weighted by Crippen LogP contribution is 2.28. The average Bonchev–Trinajstić information content (AvgIpc) is 2.78. The molecule has 0 spiro atoms. The molecule has 0 saturated heterocycles. The SMILES string of the molecule is O=C(O)c1cc(NS(=O)(=O)c2ccc(Br)s2)ccc1Br. The fourth-order valence-electron chi connectivity index (χ4n) is 1.40. The molecule has 0 fully saturated rings. The number of hydrogen-bond acceptors (Lipinski definition) is 4. The van der Waals surface area contributed by atoms with Crippen LogP contribution in [0, 0.1) is 0 Å². The number of benzene rings is 1. The molecule has 2 N–H and O–H groups in total. The Kier molecular flexibility index (Phi) is 4.52. The van der Waals surface area contributed by atoms with E-state index in [1.54, 1.807) is 6.07 Å². The van der Waals surface area contributed by atoms with Gasteiger partial charge in [0.15, 0.2) is 0 Å². The minimum Gasteiger partial charge on any atom is -0.478 e. The predicted octanol–water partition coefficient (Wildman–Crippen LogP) is 3.77. The van der Waals surface area contributed by atoms with E-state index in [4.69, 9.17) is 5.11 Å². The lowest BCUT2D eigenvalue weighted by atomic mass is 10.2. The van der Waals surface area contributed by atoms with Crippen molar-refractivity contribution in [2.75, 3.05) is 4.72 Å². The molecule has 1 heterocycles. The third-order valence-electron chi connectivity index (χ3n) is 2.26. The van der Waals surface area contributed by atoms with Crippen molar-refractivity contribution < 1.29 is 18.3 Å². The molecule has 9 heteroatoms. The average molecular weight is 441 g/mol. The molecular weight excluding hydrogens is 434 g/mol. The normalized spacial score (nSPS) is 11.3. The van der Waals surface area contributed by atoms with Crippen LogP contribution in [0.5, 0.6) is 0 Å². The van der Waals surface area contributed by atoms with Gasteiger partial charge in [0.2, 0.25) is 0 Å². The Morgan fingerprint density at radius 1 is 1.20 bits per heavy atom. The van der Waals surface area contributed by atoms with Gasteiger partial charge < -0.3 is 5.11 Å². The first-order valence-corrected chi connectivity index (χ1v) is 8.99. The number of carbonyl (C=O) groups is 1. The van der Waals surface area contributed by atoms with Crippen molar-refractivity contribution in [3.63, 3.8) is 0 Å². The summed E-state index contributed by atoms with van der Waals surface area (Å²) < 4.78 is 27.8. The second kappa shape index (κ2) is 5.84. The van der Waals surface area contributed by atoms with Crippen molar-refractivity contribution in [2.24, 2.45) is 0 Å². The summed E-state index contributed by atoms with van der Waals surface area (Å²) in [7, 11) is -3.72. The second-order valence-corrected chi connectivity index (χ2v) is 8.89. The Morgan fingerprint density at radius 3 is 2.45 bits per heavy atom. The van der Waals surface area contributed by atoms with Crippen molar-refractivity contribution in [2.45, 2.75) is 4.21 Å². The zero-order chi connectivity index (χ0) is 14.9. The highest BCUT2D eigenvalue weighted by molar-refractivity contribution is 9.11. The van der Waals surface area contributed by atoms with Gasteiger partial charge in [0.1, 0.15) is 4.21 Å². The number of carboxylic acid groups (broad SMARTS) is 1. The summed E-state index contributed by atoms with van der Waals surface area (Å²) in [5, 5.41) is 9.00. The van der Waals surface area contributed by atoms with Crippen LogP contribution in [-0.4, -0.2) is 19.5 Å². The molecule has 0 bridgehead atoms. The highest BCUT2D eigenvalue weighted by atomic mass is 79.9. The van der Waals surface area contributed by atoms with Gasteiger partial charge in [-0.15, -0.1) is 11.3 Å². The number of anilines is 1. The summed E-state index contributed by atoms with van der Waals surface area (Å²) in [4.78, 5) is 11.0. The zero-order valence-corrected chi connectivity index (χ0v) is 14.4. The second-order valence-electron chi connectivity index (χ2n) is 3.66. The minimum absolute atomic E-state index is 0.0161. The van der Waals surface area contributed by atoms with Crippen LogP contribution in [-0.2, 0) is 10.0 Å². The number of halogens is 2. The molecule has 0 radical (unpaired) electrons. The van der Waals surface area contributed by atoms with Crippen LogP contribution in [0.1, 0.15) is 10.4 Å². The molecule has 0 aliphatic rings. The number of rotatable bonds is 4. The summed E-state index contributed by atoms with van der Waals surface area (Å²) in [6, 6.07) is 7.31. The van der Waals surface area contributed by atoms with Gasteiger partial charge in [-0.25, -0.2) is 13.2 Å². The first-order chi connectivity index (χ1) is 9.29. The highest BCUT2D eigenvalue weighted by Gasteiger charge is 2.18. The van der Waals surface area contributed by atoms with Gasteiger partial charge >= 0.3 is 5.97 Å². The Bertz CT molecular complexity index is 770. The van der Waals surface area contributed by atoms with E-state index in [-0.39, 0.29) is 15.5 Å². The fraction of sp³-hybridized carbons (Fsp3) is 0. The molecule has 1 aromatic carbocycles. The van der Waals surface area contributed by atoms with Crippen LogP contribution >= 0.6 is 43.2 Å². The molecule has 5 nitrogen and oxygen atoms in total. The first kappa shape index (κ1) is 15.5. The number of thiophene rings is 1. The number of sulfonamides is 1. The van der Waals surface area contributed by atoms with E-state index < -0.39 is 16.0 Å². The van der Waals surface area contributed by atoms with Crippen LogP contribution < -0.4 is 4.72 Å². The number of aromatic carboxylic acids is 1. The molecule has 0 amide bonds. The van der Waals surface area contributed by atoms with E-state index >= 15 is 0 Å². The van der Waals surface area contributed by atoms with Gasteiger partial charge in [-0.2, -0.15) is 0 Å². The Balaban J connectivity index is 2.35. The smallest absolute Gasteiger partial charge is 0.336 e. The van der Waals surface area contributed by atoms with Crippen LogP contribution in [0.2, 0.25) is 0 Å². The van der Waals surface area contributed by atoms with E-state index in [2.05, 4.69) is 36.6 Å². The molecule has 106 valence electrons. The summed E-state index contributed by atoms with van der Waals surface area (Å²) in [6.45, 7) is 0. The van der Waals surface area contributed by atoms with Gasteiger partial charge in [-0.1, -0.05) is 0 Å². The lowest BCUT2D eigenvalue weighted by Gasteiger charge is -2.08. The Labute approximate surface area is 135 Å². The lowest BCUT2D eigenvalue weighted by molar-refractivity contribution is 0.0696. The minimum atomic E-state index is -3.72. The van der Waals surface area contributed by atoms with Gasteiger partial charge in [0.05, 0.1) is 9.35 Å². The number of carboxylic acids is 1. The quantitative estimate of drug-likeness (QED) is 0.757. The van der Waals surface area contributed by atoms with Crippen molar-refractivity contribution in [1.82, 2.24) is 0 Å².